The molecule has 1 N–H and O–H groups in total. The summed E-state index contributed by atoms with van der Waals surface area (Å²) in [7, 11) is -2.50. The molecule has 0 aliphatic carbocycles. The zero-order valence-electron chi connectivity index (χ0n) is 15.5. The highest BCUT2D eigenvalue weighted by Crippen LogP contribution is 2.32. The molecule has 2 aromatic carbocycles. The summed E-state index contributed by atoms with van der Waals surface area (Å²) in [6.07, 6.45) is 0.895. The second-order valence-corrected chi connectivity index (χ2v) is 7.65. The molecule has 0 fully saturated rings. The lowest BCUT2D eigenvalue weighted by Crippen LogP contribution is -2.14. The lowest BCUT2D eigenvalue weighted by Gasteiger charge is -2.13. The van der Waals surface area contributed by atoms with Crippen molar-refractivity contribution in [2.45, 2.75) is 11.8 Å². The molecule has 0 saturated heterocycles. The van der Waals surface area contributed by atoms with E-state index in [-0.39, 0.29) is 22.0 Å². The summed E-state index contributed by atoms with van der Waals surface area (Å²) in [6, 6.07) is 13.3. The Labute approximate surface area is 167 Å². The third kappa shape index (κ3) is 4.62. The molecule has 0 saturated carbocycles. The van der Waals surface area contributed by atoms with Crippen LogP contribution in [0.2, 0.25) is 0 Å². The van der Waals surface area contributed by atoms with E-state index in [0.29, 0.717) is 11.5 Å². The van der Waals surface area contributed by atoms with Crippen LogP contribution in [0.5, 0.6) is 17.2 Å². The van der Waals surface area contributed by atoms with E-state index in [0.717, 1.165) is 17.8 Å². The highest BCUT2D eigenvalue weighted by molar-refractivity contribution is 7.92. The third-order valence-electron chi connectivity index (χ3n) is 3.96. The summed E-state index contributed by atoms with van der Waals surface area (Å²) < 4.78 is 51.2. The van der Waals surface area contributed by atoms with E-state index < -0.39 is 15.8 Å². The number of anilines is 1. The fourth-order valence-corrected chi connectivity index (χ4v) is 3.46. The Morgan fingerprint density at radius 2 is 1.90 bits per heavy atom. The molecule has 0 aliphatic rings. The minimum atomic E-state index is -4.03. The molecule has 3 rings (SSSR count). The molecule has 0 unspecified atom stereocenters. The Kier molecular flexibility index (Phi) is 5.66. The number of benzene rings is 2. The van der Waals surface area contributed by atoms with E-state index in [9.17, 15) is 18.1 Å². The van der Waals surface area contributed by atoms with Crippen molar-refractivity contribution in [3.63, 3.8) is 0 Å². The van der Waals surface area contributed by atoms with Gasteiger partial charge in [0.05, 0.1) is 23.8 Å². The van der Waals surface area contributed by atoms with Gasteiger partial charge in [-0.05, 0) is 48.9 Å². The van der Waals surface area contributed by atoms with Gasteiger partial charge in [0.25, 0.3) is 10.0 Å². The molecule has 1 aromatic heterocycles. The maximum Gasteiger partial charge on any atom is 0.263 e. The van der Waals surface area contributed by atoms with Gasteiger partial charge in [-0.25, -0.2) is 17.8 Å². The number of hydrogen-bond acceptors (Lipinski definition) is 6. The Bertz CT molecular complexity index is 1190. The van der Waals surface area contributed by atoms with E-state index in [1.165, 1.54) is 31.4 Å². The first kappa shape index (κ1) is 20.1. The number of nitrogens with zero attached hydrogens (tertiary/aromatic N) is 2. The molecule has 0 amide bonds. The van der Waals surface area contributed by atoms with Crippen molar-refractivity contribution in [1.29, 1.82) is 5.26 Å². The van der Waals surface area contributed by atoms with Crippen molar-refractivity contribution in [3.05, 3.63) is 71.7 Å². The Morgan fingerprint density at radius 3 is 2.55 bits per heavy atom. The van der Waals surface area contributed by atoms with Gasteiger partial charge in [-0.2, -0.15) is 5.26 Å². The van der Waals surface area contributed by atoms with Crippen LogP contribution in [0.1, 0.15) is 11.1 Å². The van der Waals surface area contributed by atoms with E-state index in [2.05, 4.69) is 9.71 Å². The molecule has 0 spiro atoms. The number of rotatable bonds is 6. The smallest absolute Gasteiger partial charge is 0.263 e. The number of nitrogens with one attached hydrogen (secondary N) is 1. The minimum Gasteiger partial charge on any atom is -0.497 e. The topological polar surface area (TPSA) is 101 Å². The molecular formula is C20H16FN3O4S. The van der Waals surface area contributed by atoms with Crippen LogP contribution in [-0.4, -0.2) is 20.5 Å². The summed E-state index contributed by atoms with van der Waals surface area (Å²) >= 11 is 0. The second kappa shape index (κ2) is 8.16. The quantitative estimate of drug-likeness (QED) is 0.655. The van der Waals surface area contributed by atoms with Gasteiger partial charge in [-0.1, -0.05) is 6.07 Å². The lowest BCUT2D eigenvalue weighted by atomic mass is 10.2. The first-order valence-electron chi connectivity index (χ1n) is 8.33. The summed E-state index contributed by atoms with van der Waals surface area (Å²) in [5.41, 5.74) is 0.845. The van der Waals surface area contributed by atoms with Crippen molar-refractivity contribution in [2.75, 3.05) is 11.8 Å². The van der Waals surface area contributed by atoms with E-state index in [1.807, 2.05) is 13.0 Å². The molecule has 0 radical (unpaired) electrons. The largest absolute Gasteiger partial charge is 0.497 e. The van der Waals surface area contributed by atoms with Crippen molar-refractivity contribution in [2.24, 2.45) is 0 Å². The van der Waals surface area contributed by atoms with E-state index >= 15 is 0 Å². The number of pyridine rings is 1. The van der Waals surface area contributed by atoms with Crippen LogP contribution in [0.4, 0.5) is 10.2 Å². The molecule has 0 bridgehead atoms. The van der Waals surface area contributed by atoms with Crippen LogP contribution in [-0.2, 0) is 10.0 Å². The molecule has 7 nitrogen and oxygen atoms in total. The first-order chi connectivity index (χ1) is 13.8. The average Bonchev–Trinajstić information content (AvgIpc) is 2.71. The molecule has 0 aliphatic heterocycles. The number of sulfonamides is 1. The van der Waals surface area contributed by atoms with Crippen LogP contribution in [0.25, 0.3) is 0 Å². The minimum absolute atomic E-state index is 0.0298. The molecule has 1 heterocycles. The SMILES string of the molecule is COc1ccc(C)c(Oc2ccc(S(=O)(=O)Nc3ccc(F)cn3)cc2C#N)c1. The number of halogens is 1. The highest BCUT2D eigenvalue weighted by Gasteiger charge is 2.18. The first-order valence-corrected chi connectivity index (χ1v) is 9.82. The Hall–Kier alpha value is -3.64. The van der Waals surface area contributed by atoms with Crippen molar-refractivity contribution >= 4 is 15.8 Å². The van der Waals surface area contributed by atoms with Gasteiger partial charge in [-0.3, -0.25) is 4.72 Å². The molecule has 148 valence electrons. The maximum atomic E-state index is 12.9. The molecule has 9 heteroatoms. The van der Waals surface area contributed by atoms with Crippen LogP contribution >= 0.6 is 0 Å². The van der Waals surface area contributed by atoms with Crippen LogP contribution in [0, 0.1) is 24.1 Å². The summed E-state index contributed by atoms with van der Waals surface area (Å²) in [4.78, 5) is 3.51. The standard InChI is InChI=1S/C20H16FN3O4S/c1-13-3-5-16(27-2)10-19(13)28-18-7-6-17(9-14(18)11-22)29(25,26)24-20-8-4-15(21)12-23-20/h3-10,12H,1-2H3,(H,23,24). The predicted molar refractivity (Wildman–Crippen MR) is 104 cm³/mol. The monoisotopic (exact) mass is 413 g/mol. The fraction of sp³-hybridized carbons (Fsp3) is 0.100. The van der Waals surface area contributed by atoms with Crippen LogP contribution in [0.3, 0.4) is 0 Å². The molecule has 29 heavy (non-hydrogen) atoms. The van der Waals surface area contributed by atoms with Gasteiger partial charge in [0.2, 0.25) is 0 Å². The number of ether oxygens (including phenoxy) is 2. The maximum absolute atomic E-state index is 12.9. The Morgan fingerprint density at radius 1 is 1.10 bits per heavy atom. The summed E-state index contributed by atoms with van der Waals surface area (Å²) in [5.74, 6) is 0.624. The number of methoxy groups -OCH3 is 1. The zero-order valence-corrected chi connectivity index (χ0v) is 16.3. The van der Waals surface area contributed by atoms with Crippen molar-refractivity contribution in [1.82, 2.24) is 4.98 Å². The van der Waals surface area contributed by atoms with Crippen molar-refractivity contribution < 1.29 is 22.3 Å². The van der Waals surface area contributed by atoms with Gasteiger partial charge < -0.3 is 9.47 Å². The zero-order chi connectivity index (χ0) is 21.0. The molecule has 3 aromatic rings. The normalized spacial score (nSPS) is 10.8. The number of aryl methyl sites for hydroxylation is 1. The molecule has 0 atom stereocenters. The van der Waals surface area contributed by atoms with Gasteiger partial charge in [0.15, 0.2) is 0 Å². The summed E-state index contributed by atoms with van der Waals surface area (Å²) in [6.45, 7) is 1.83. The van der Waals surface area contributed by atoms with Crippen molar-refractivity contribution in [3.8, 4) is 23.3 Å². The van der Waals surface area contributed by atoms with Gasteiger partial charge in [0, 0.05) is 6.07 Å². The fourth-order valence-electron chi connectivity index (χ4n) is 2.42. The lowest BCUT2D eigenvalue weighted by molar-refractivity contribution is 0.408. The summed E-state index contributed by atoms with van der Waals surface area (Å²) in [5, 5.41) is 9.45. The third-order valence-corrected chi connectivity index (χ3v) is 5.32. The highest BCUT2D eigenvalue weighted by atomic mass is 32.2. The number of aromatic nitrogens is 1. The van der Waals surface area contributed by atoms with Gasteiger partial charge >= 0.3 is 0 Å². The average molecular weight is 413 g/mol. The van der Waals surface area contributed by atoms with E-state index in [4.69, 9.17) is 9.47 Å². The van der Waals surface area contributed by atoms with E-state index in [1.54, 1.807) is 18.2 Å². The predicted octanol–water partition coefficient (Wildman–Crippen LogP) is 4.00. The number of hydrogen-bond donors (Lipinski definition) is 1. The van der Waals surface area contributed by atoms with Crippen LogP contribution < -0.4 is 14.2 Å². The number of nitriles is 1. The van der Waals surface area contributed by atoms with Gasteiger partial charge in [0.1, 0.15) is 35.0 Å². The second-order valence-electron chi connectivity index (χ2n) is 5.97. The molecular weight excluding hydrogens is 397 g/mol. The van der Waals surface area contributed by atoms with Gasteiger partial charge in [-0.15, -0.1) is 0 Å². The van der Waals surface area contributed by atoms with Crippen LogP contribution in [0.15, 0.2) is 59.6 Å². The Balaban J connectivity index is 1.90.